The van der Waals surface area contributed by atoms with Crippen LogP contribution in [0.2, 0.25) is 0 Å². The van der Waals surface area contributed by atoms with Crippen molar-refractivity contribution >= 4 is 0 Å². The van der Waals surface area contributed by atoms with Crippen LogP contribution < -0.4 is 5.32 Å². The molecule has 2 aliphatic rings. The molecule has 1 saturated carbocycles. The third kappa shape index (κ3) is 3.43. The minimum Gasteiger partial charge on any atom is -0.394 e. The van der Waals surface area contributed by atoms with E-state index >= 15 is 0 Å². The number of likely N-dealkylation sites (tertiary alicyclic amines) is 1. The summed E-state index contributed by atoms with van der Waals surface area (Å²) in [4.78, 5) is 2.60. The monoisotopic (exact) mass is 240 g/mol. The zero-order valence-electron chi connectivity index (χ0n) is 11.6. The molecule has 3 nitrogen and oxygen atoms in total. The van der Waals surface area contributed by atoms with Crippen LogP contribution in [-0.4, -0.2) is 46.8 Å². The highest BCUT2D eigenvalue weighted by molar-refractivity contribution is 4.95. The lowest BCUT2D eigenvalue weighted by molar-refractivity contribution is 0.110. The number of aliphatic hydroxyl groups excluding tert-OH is 1. The first-order valence-corrected chi connectivity index (χ1v) is 7.18. The second-order valence-electron chi connectivity index (χ2n) is 6.42. The van der Waals surface area contributed by atoms with E-state index in [-0.39, 0.29) is 12.1 Å². The zero-order chi connectivity index (χ0) is 12.5. The molecular weight excluding hydrogens is 212 g/mol. The quantitative estimate of drug-likeness (QED) is 0.742. The molecule has 1 aliphatic carbocycles. The largest absolute Gasteiger partial charge is 0.394 e. The van der Waals surface area contributed by atoms with E-state index in [2.05, 4.69) is 31.0 Å². The molecule has 0 bridgehead atoms. The van der Waals surface area contributed by atoms with E-state index in [4.69, 9.17) is 0 Å². The Hall–Kier alpha value is -0.120. The van der Waals surface area contributed by atoms with E-state index in [1.165, 1.54) is 32.2 Å². The van der Waals surface area contributed by atoms with Crippen molar-refractivity contribution in [1.82, 2.24) is 10.2 Å². The second-order valence-corrected chi connectivity index (χ2v) is 6.42. The lowest BCUT2D eigenvalue weighted by Crippen LogP contribution is -2.51. The zero-order valence-corrected chi connectivity index (χ0v) is 11.6. The van der Waals surface area contributed by atoms with Crippen LogP contribution in [0.1, 0.15) is 52.9 Å². The highest BCUT2D eigenvalue weighted by Crippen LogP contribution is 2.28. The molecule has 2 rings (SSSR count). The van der Waals surface area contributed by atoms with Crippen molar-refractivity contribution in [2.24, 2.45) is 0 Å². The topological polar surface area (TPSA) is 35.5 Å². The van der Waals surface area contributed by atoms with Crippen LogP contribution in [0.15, 0.2) is 0 Å². The molecule has 100 valence electrons. The van der Waals surface area contributed by atoms with Gasteiger partial charge in [-0.2, -0.15) is 0 Å². The molecule has 3 atom stereocenters. The molecular formula is C14H28N2O. The Kier molecular flexibility index (Phi) is 4.11. The second kappa shape index (κ2) is 5.25. The van der Waals surface area contributed by atoms with Gasteiger partial charge in [-0.25, -0.2) is 0 Å². The maximum atomic E-state index is 9.64. The number of nitrogens with one attached hydrogen (secondary N) is 1. The van der Waals surface area contributed by atoms with Gasteiger partial charge in [-0.1, -0.05) is 0 Å². The van der Waals surface area contributed by atoms with Crippen molar-refractivity contribution in [3.63, 3.8) is 0 Å². The van der Waals surface area contributed by atoms with Gasteiger partial charge >= 0.3 is 0 Å². The highest BCUT2D eigenvalue weighted by atomic mass is 16.3. The van der Waals surface area contributed by atoms with Crippen LogP contribution in [0.3, 0.4) is 0 Å². The number of hydrogen-bond acceptors (Lipinski definition) is 3. The Morgan fingerprint density at radius 3 is 2.59 bits per heavy atom. The molecule has 0 aromatic heterocycles. The molecule has 2 fully saturated rings. The lowest BCUT2D eigenvalue weighted by atomic mass is 9.93. The summed E-state index contributed by atoms with van der Waals surface area (Å²) in [6.07, 6.45) is 6.27. The van der Waals surface area contributed by atoms with Crippen molar-refractivity contribution in [1.29, 1.82) is 0 Å². The van der Waals surface area contributed by atoms with Crippen LogP contribution in [0.4, 0.5) is 0 Å². The fourth-order valence-electron chi connectivity index (χ4n) is 3.27. The van der Waals surface area contributed by atoms with Gasteiger partial charge in [0.05, 0.1) is 6.61 Å². The average molecular weight is 240 g/mol. The van der Waals surface area contributed by atoms with Gasteiger partial charge in [0.2, 0.25) is 0 Å². The van der Waals surface area contributed by atoms with Gasteiger partial charge in [0.25, 0.3) is 0 Å². The first kappa shape index (κ1) is 13.3. The molecule has 3 unspecified atom stereocenters. The van der Waals surface area contributed by atoms with Crippen molar-refractivity contribution < 1.29 is 5.11 Å². The predicted molar refractivity (Wildman–Crippen MR) is 71.1 cm³/mol. The van der Waals surface area contributed by atoms with E-state index in [0.717, 1.165) is 6.42 Å². The summed E-state index contributed by atoms with van der Waals surface area (Å²) in [6, 6.07) is 1.94. The van der Waals surface area contributed by atoms with Crippen LogP contribution in [0, 0.1) is 0 Å². The normalized spacial score (nSPS) is 31.4. The van der Waals surface area contributed by atoms with Gasteiger partial charge < -0.3 is 10.4 Å². The number of rotatable bonds is 6. The van der Waals surface area contributed by atoms with Crippen LogP contribution in [0.25, 0.3) is 0 Å². The molecule has 0 radical (unpaired) electrons. The first-order valence-electron chi connectivity index (χ1n) is 7.18. The molecule has 1 saturated heterocycles. The summed E-state index contributed by atoms with van der Waals surface area (Å²) >= 11 is 0. The van der Waals surface area contributed by atoms with Crippen molar-refractivity contribution in [3.8, 4) is 0 Å². The van der Waals surface area contributed by atoms with Gasteiger partial charge in [0.15, 0.2) is 0 Å². The highest BCUT2D eigenvalue weighted by Gasteiger charge is 2.35. The van der Waals surface area contributed by atoms with Gasteiger partial charge in [0, 0.05) is 23.7 Å². The van der Waals surface area contributed by atoms with E-state index in [9.17, 15) is 5.11 Å². The minimum absolute atomic E-state index is 0.0944. The summed E-state index contributed by atoms with van der Waals surface area (Å²) in [5.74, 6) is 0. The molecule has 0 aromatic rings. The van der Waals surface area contributed by atoms with Crippen LogP contribution >= 0.6 is 0 Å². The fraction of sp³-hybridized carbons (Fsp3) is 1.00. The Labute approximate surface area is 106 Å². The lowest BCUT2D eigenvalue weighted by Gasteiger charge is -2.37. The van der Waals surface area contributed by atoms with Crippen molar-refractivity contribution in [2.45, 2.75) is 76.5 Å². The Morgan fingerprint density at radius 2 is 2.12 bits per heavy atom. The summed E-state index contributed by atoms with van der Waals surface area (Å²) < 4.78 is 0. The number of nitrogens with zero attached hydrogens (tertiary/aromatic N) is 1. The molecule has 0 aromatic carbocycles. The summed E-state index contributed by atoms with van der Waals surface area (Å²) in [5, 5.41) is 13.2. The standard InChI is InChI=1S/C14H28N2O/c1-11-5-4-8-16(11)12(2)9-14(3,10-17)15-13-6-7-13/h11-13,15,17H,4-10H2,1-3H3. The van der Waals surface area contributed by atoms with Gasteiger partial charge in [-0.3, -0.25) is 4.90 Å². The summed E-state index contributed by atoms with van der Waals surface area (Å²) in [7, 11) is 0. The fourth-order valence-corrected chi connectivity index (χ4v) is 3.27. The maximum absolute atomic E-state index is 9.64. The van der Waals surface area contributed by atoms with Gasteiger partial charge in [0.1, 0.15) is 0 Å². The maximum Gasteiger partial charge on any atom is 0.0611 e. The van der Waals surface area contributed by atoms with Crippen molar-refractivity contribution in [2.75, 3.05) is 13.2 Å². The first-order chi connectivity index (χ1) is 8.04. The summed E-state index contributed by atoms with van der Waals surface area (Å²) in [5.41, 5.74) is -0.0944. The van der Waals surface area contributed by atoms with Crippen molar-refractivity contribution in [3.05, 3.63) is 0 Å². The Balaban J connectivity index is 1.87. The Bertz CT molecular complexity index is 255. The summed E-state index contributed by atoms with van der Waals surface area (Å²) in [6.45, 7) is 8.28. The molecule has 1 heterocycles. The SMILES string of the molecule is CC1CCCN1C(C)CC(C)(CO)NC1CC1. The predicted octanol–water partition coefficient (Wildman–Crippen LogP) is 1.75. The molecule has 0 amide bonds. The number of hydrogen-bond donors (Lipinski definition) is 2. The molecule has 2 N–H and O–H groups in total. The van der Waals surface area contributed by atoms with Gasteiger partial charge in [-0.15, -0.1) is 0 Å². The van der Waals surface area contributed by atoms with E-state index in [1.807, 2.05) is 0 Å². The molecule has 17 heavy (non-hydrogen) atoms. The molecule has 1 aliphatic heterocycles. The average Bonchev–Trinajstić information content (AvgIpc) is 2.97. The van der Waals surface area contributed by atoms with E-state index in [0.29, 0.717) is 18.1 Å². The van der Waals surface area contributed by atoms with Crippen LogP contribution in [0.5, 0.6) is 0 Å². The minimum atomic E-state index is -0.0944. The van der Waals surface area contributed by atoms with E-state index < -0.39 is 0 Å². The third-order valence-electron chi connectivity index (χ3n) is 4.40. The Morgan fingerprint density at radius 1 is 1.41 bits per heavy atom. The smallest absolute Gasteiger partial charge is 0.0611 e. The van der Waals surface area contributed by atoms with Gasteiger partial charge in [-0.05, 0) is 59.4 Å². The number of aliphatic hydroxyl groups is 1. The van der Waals surface area contributed by atoms with Crippen LogP contribution in [-0.2, 0) is 0 Å². The third-order valence-corrected chi connectivity index (χ3v) is 4.40. The van der Waals surface area contributed by atoms with E-state index in [1.54, 1.807) is 0 Å². The molecule has 0 spiro atoms. The molecule has 3 heteroatoms.